The highest BCUT2D eigenvalue weighted by molar-refractivity contribution is 5.47. The van der Waals surface area contributed by atoms with Gasteiger partial charge in [0.2, 0.25) is 0 Å². The van der Waals surface area contributed by atoms with Crippen LogP contribution in [0.3, 0.4) is 0 Å². The largest absolute Gasteiger partial charge is 0.381 e. The lowest BCUT2D eigenvalue weighted by Gasteiger charge is -2.22. The highest BCUT2D eigenvalue weighted by Gasteiger charge is 2.14. The standard InChI is InChI=1S/C14H24N4O/c1-3-5-12-17-13(15-2)8-14(18-12)16-9-11-6-4-7-19-10-11/h8,11H,3-7,9-10H2,1-2H3,(H2,15,16,17,18). The molecule has 2 N–H and O–H groups in total. The monoisotopic (exact) mass is 264 g/mol. The van der Waals surface area contributed by atoms with Gasteiger partial charge in [-0.2, -0.15) is 0 Å². The van der Waals surface area contributed by atoms with Crippen molar-refractivity contribution < 1.29 is 4.74 Å². The van der Waals surface area contributed by atoms with Gasteiger partial charge in [0.05, 0.1) is 6.61 Å². The molecule has 19 heavy (non-hydrogen) atoms. The lowest BCUT2D eigenvalue weighted by molar-refractivity contribution is 0.0595. The van der Waals surface area contributed by atoms with Crippen LogP contribution in [0.2, 0.25) is 0 Å². The van der Waals surface area contributed by atoms with E-state index in [2.05, 4.69) is 27.5 Å². The Morgan fingerprint density at radius 3 is 2.89 bits per heavy atom. The van der Waals surface area contributed by atoms with Crippen molar-refractivity contribution in [3.8, 4) is 0 Å². The van der Waals surface area contributed by atoms with Crippen molar-refractivity contribution in [1.29, 1.82) is 0 Å². The third-order valence-electron chi connectivity index (χ3n) is 3.33. The number of anilines is 2. The smallest absolute Gasteiger partial charge is 0.133 e. The van der Waals surface area contributed by atoms with Crippen molar-refractivity contribution in [1.82, 2.24) is 9.97 Å². The number of ether oxygens (including phenoxy) is 1. The third-order valence-corrected chi connectivity index (χ3v) is 3.33. The number of nitrogens with one attached hydrogen (secondary N) is 2. The summed E-state index contributed by atoms with van der Waals surface area (Å²) >= 11 is 0. The van der Waals surface area contributed by atoms with Gasteiger partial charge in [-0.25, -0.2) is 9.97 Å². The minimum atomic E-state index is 0.594. The fraction of sp³-hybridized carbons (Fsp3) is 0.714. The Morgan fingerprint density at radius 1 is 1.37 bits per heavy atom. The zero-order valence-electron chi connectivity index (χ0n) is 11.9. The van der Waals surface area contributed by atoms with E-state index >= 15 is 0 Å². The summed E-state index contributed by atoms with van der Waals surface area (Å²) in [6, 6.07) is 1.96. The molecule has 1 fully saturated rings. The van der Waals surface area contributed by atoms with Gasteiger partial charge in [0.15, 0.2) is 0 Å². The Kier molecular flexibility index (Phi) is 5.39. The number of hydrogen-bond donors (Lipinski definition) is 2. The number of nitrogens with zero attached hydrogens (tertiary/aromatic N) is 2. The molecule has 0 aliphatic carbocycles. The maximum absolute atomic E-state index is 5.49. The van der Waals surface area contributed by atoms with Gasteiger partial charge >= 0.3 is 0 Å². The first-order chi connectivity index (χ1) is 9.31. The molecule has 0 aromatic carbocycles. The molecule has 0 spiro atoms. The van der Waals surface area contributed by atoms with E-state index in [1.165, 1.54) is 12.8 Å². The third kappa shape index (κ3) is 4.35. The number of aryl methyl sites for hydroxylation is 1. The average Bonchev–Trinajstić information content (AvgIpc) is 2.46. The summed E-state index contributed by atoms with van der Waals surface area (Å²) < 4.78 is 5.49. The summed E-state index contributed by atoms with van der Waals surface area (Å²) in [5.41, 5.74) is 0. The number of aromatic nitrogens is 2. The first-order valence-corrected chi connectivity index (χ1v) is 7.19. The molecule has 1 aliphatic heterocycles. The molecule has 1 aliphatic rings. The second-order valence-electron chi connectivity index (χ2n) is 5.02. The molecule has 1 aromatic heterocycles. The maximum Gasteiger partial charge on any atom is 0.133 e. The van der Waals surface area contributed by atoms with Crippen LogP contribution in [0.5, 0.6) is 0 Å². The molecule has 5 nitrogen and oxygen atoms in total. The molecule has 2 heterocycles. The van der Waals surface area contributed by atoms with Crippen molar-refractivity contribution in [2.45, 2.75) is 32.6 Å². The van der Waals surface area contributed by atoms with Crippen LogP contribution in [0.15, 0.2) is 6.07 Å². The molecule has 0 bridgehead atoms. The Bertz CT molecular complexity index is 391. The van der Waals surface area contributed by atoms with Gasteiger partial charge in [0.25, 0.3) is 0 Å². The molecular formula is C14H24N4O. The van der Waals surface area contributed by atoms with Crippen LogP contribution >= 0.6 is 0 Å². The van der Waals surface area contributed by atoms with Gasteiger partial charge in [-0.05, 0) is 25.2 Å². The molecule has 5 heteroatoms. The van der Waals surface area contributed by atoms with Gasteiger partial charge in [-0.1, -0.05) is 6.92 Å². The van der Waals surface area contributed by atoms with Crippen molar-refractivity contribution >= 4 is 11.6 Å². The van der Waals surface area contributed by atoms with Crippen LogP contribution in [-0.2, 0) is 11.2 Å². The van der Waals surface area contributed by atoms with Gasteiger partial charge < -0.3 is 15.4 Å². The zero-order chi connectivity index (χ0) is 13.5. The highest BCUT2D eigenvalue weighted by atomic mass is 16.5. The second-order valence-corrected chi connectivity index (χ2v) is 5.02. The lowest BCUT2D eigenvalue weighted by atomic mass is 10.0. The SMILES string of the molecule is CCCc1nc(NC)cc(NCC2CCCOC2)n1. The van der Waals surface area contributed by atoms with Crippen LogP contribution in [0.25, 0.3) is 0 Å². The topological polar surface area (TPSA) is 59.1 Å². The minimum absolute atomic E-state index is 0.594. The van der Waals surface area contributed by atoms with E-state index in [0.717, 1.165) is 50.1 Å². The van der Waals surface area contributed by atoms with Crippen molar-refractivity contribution in [3.05, 3.63) is 11.9 Å². The highest BCUT2D eigenvalue weighted by Crippen LogP contribution is 2.16. The quantitative estimate of drug-likeness (QED) is 0.825. The fourth-order valence-corrected chi connectivity index (χ4v) is 2.27. The fourth-order valence-electron chi connectivity index (χ4n) is 2.27. The van der Waals surface area contributed by atoms with Gasteiger partial charge in [-0.15, -0.1) is 0 Å². The van der Waals surface area contributed by atoms with E-state index < -0.39 is 0 Å². The molecule has 2 rings (SSSR count). The van der Waals surface area contributed by atoms with Crippen LogP contribution in [0.1, 0.15) is 32.0 Å². The Labute approximate surface area is 115 Å². The maximum atomic E-state index is 5.49. The molecule has 0 radical (unpaired) electrons. The summed E-state index contributed by atoms with van der Waals surface area (Å²) in [5, 5.41) is 6.51. The first kappa shape index (κ1) is 14.1. The molecule has 0 amide bonds. The number of hydrogen-bond acceptors (Lipinski definition) is 5. The molecule has 1 saturated heterocycles. The summed E-state index contributed by atoms with van der Waals surface area (Å²) in [4.78, 5) is 9.00. The van der Waals surface area contributed by atoms with Crippen LogP contribution in [0, 0.1) is 5.92 Å². The van der Waals surface area contributed by atoms with Crippen molar-refractivity contribution in [2.75, 3.05) is 37.4 Å². The van der Waals surface area contributed by atoms with Gasteiger partial charge in [0.1, 0.15) is 17.5 Å². The Hall–Kier alpha value is -1.36. The molecule has 1 atom stereocenters. The summed E-state index contributed by atoms with van der Waals surface area (Å²) in [6.45, 7) is 4.83. The zero-order valence-corrected chi connectivity index (χ0v) is 11.9. The van der Waals surface area contributed by atoms with Crippen LogP contribution in [-0.4, -0.2) is 36.8 Å². The summed E-state index contributed by atoms with van der Waals surface area (Å²) in [7, 11) is 1.89. The van der Waals surface area contributed by atoms with E-state index in [1.54, 1.807) is 0 Å². The Morgan fingerprint density at radius 2 is 2.21 bits per heavy atom. The van der Waals surface area contributed by atoms with Crippen LogP contribution in [0.4, 0.5) is 11.6 Å². The summed E-state index contributed by atoms with van der Waals surface area (Å²) in [6.07, 6.45) is 4.37. The molecule has 1 aromatic rings. The molecule has 0 saturated carbocycles. The normalized spacial score (nSPS) is 19.2. The van der Waals surface area contributed by atoms with Crippen molar-refractivity contribution in [2.24, 2.45) is 5.92 Å². The first-order valence-electron chi connectivity index (χ1n) is 7.19. The lowest BCUT2D eigenvalue weighted by Crippen LogP contribution is -2.24. The van der Waals surface area contributed by atoms with E-state index in [-0.39, 0.29) is 0 Å². The minimum Gasteiger partial charge on any atom is -0.381 e. The molecule has 1 unspecified atom stereocenters. The Balaban J connectivity index is 1.95. The summed E-state index contributed by atoms with van der Waals surface area (Å²) in [5.74, 6) is 3.28. The second kappa shape index (κ2) is 7.28. The van der Waals surface area contributed by atoms with E-state index in [4.69, 9.17) is 4.74 Å². The van der Waals surface area contributed by atoms with Gasteiger partial charge in [0, 0.05) is 32.7 Å². The van der Waals surface area contributed by atoms with E-state index in [0.29, 0.717) is 5.92 Å². The van der Waals surface area contributed by atoms with Crippen molar-refractivity contribution in [3.63, 3.8) is 0 Å². The van der Waals surface area contributed by atoms with Gasteiger partial charge in [-0.3, -0.25) is 0 Å². The van der Waals surface area contributed by atoms with Crippen LogP contribution < -0.4 is 10.6 Å². The van der Waals surface area contributed by atoms with E-state index in [1.807, 2.05) is 13.1 Å². The predicted molar refractivity (Wildman–Crippen MR) is 77.6 cm³/mol. The number of rotatable bonds is 6. The molecule has 106 valence electrons. The predicted octanol–water partition coefficient (Wildman–Crippen LogP) is 2.31. The van der Waals surface area contributed by atoms with E-state index in [9.17, 15) is 0 Å². The average molecular weight is 264 g/mol. The molecular weight excluding hydrogens is 240 g/mol.